The number of nitrogens with zero attached hydrogens (tertiary/aromatic N) is 1. The Morgan fingerprint density at radius 3 is 2.28 bits per heavy atom. The molecule has 4 rings (SSSR count). The highest BCUT2D eigenvalue weighted by molar-refractivity contribution is 5.94. The zero-order chi connectivity index (χ0) is 20.2. The largest absolute Gasteiger partial charge is 0.330 e. The van der Waals surface area contributed by atoms with Gasteiger partial charge in [0, 0.05) is 17.7 Å². The molecule has 0 fully saturated rings. The molecule has 144 valence electrons. The number of nitrogens with one attached hydrogen (secondary N) is 1. The third-order valence-electron chi connectivity index (χ3n) is 5.05. The quantitative estimate of drug-likeness (QED) is 0.545. The molecule has 1 aromatic heterocycles. The summed E-state index contributed by atoms with van der Waals surface area (Å²) in [7, 11) is 0. The minimum absolute atomic E-state index is 0.0989. The van der Waals surface area contributed by atoms with Gasteiger partial charge in [-0.1, -0.05) is 66.7 Å². The summed E-state index contributed by atoms with van der Waals surface area (Å²) in [6, 6.07) is 26.8. The number of carbonyl (C=O) groups is 1. The summed E-state index contributed by atoms with van der Waals surface area (Å²) in [6.45, 7) is 2.64. The number of fused-ring (bicyclic) bond motifs is 1. The molecule has 4 aromatic rings. The fourth-order valence-corrected chi connectivity index (χ4v) is 3.52. The number of benzene rings is 3. The summed E-state index contributed by atoms with van der Waals surface area (Å²) >= 11 is 0. The molecule has 0 aliphatic carbocycles. The van der Waals surface area contributed by atoms with Crippen LogP contribution >= 0.6 is 0 Å². The van der Waals surface area contributed by atoms with Crippen LogP contribution in [0.25, 0.3) is 10.9 Å². The first-order valence-electron chi connectivity index (χ1n) is 9.61. The van der Waals surface area contributed by atoms with E-state index in [0.717, 1.165) is 22.0 Å². The van der Waals surface area contributed by atoms with Crippen molar-refractivity contribution in [2.45, 2.75) is 20.0 Å². The van der Waals surface area contributed by atoms with E-state index < -0.39 is 0 Å². The second kappa shape index (κ2) is 8.15. The van der Waals surface area contributed by atoms with Crippen molar-refractivity contribution in [2.24, 2.45) is 0 Å². The molecule has 0 aliphatic heterocycles. The maximum atomic E-state index is 13.2. The van der Waals surface area contributed by atoms with E-state index in [1.807, 2.05) is 79.7 Å². The molecule has 1 N–H and O–H groups in total. The second-order valence-corrected chi connectivity index (χ2v) is 7.18. The van der Waals surface area contributed by atoms with Crippen LogP contribution in [0.1, 0.15) is 27.0 Å². The highest BCUT2D eigenvalue weighted by atomic mass is 16.2. The van der Waals surface area contributed by atoms with E-state index in [2.05, 4.69) is 4.98 Å². The Balaban J connectivity index is 1.71. The minimum atomic E-state index is -0.161. The lowest BCUT2D eigenvalue weighted by Crippen LogP contribution is -2.32. The summed E-state index contributed by atoms with van der Waals surface area (Å²) in [4.78, 5) is 30.6. The number of rotatable bonds is 5. The number of carbonyl (C=O) groups excluding carboxylic acids is 1. The Hall–Kier alpha value is -3.66. The predicted molar refractivity (Wildman–Crippen MR) is 116 cm³/mol. The Bertz CT molecular complexity index is 1200. The first kappa shape index (κ1) is 18.7. The van der Waals surface area contributed by atoms with Crippen molar-refractivity contribution in [3.63, 3.8) is 0 Å². The van der Waals surface area contributed by atoms with Crippen molar-refractivity contribution >= 4 is 16.8 Å². The average Bonchev–Trinajstić information content (AvgIpc) is 2.75. The van der Waals surface area contributed by atoms with Gasteiger partial charge in [-0.3, -0.25) is 9.59 Å². The molecular weight excluding hydrogens is 360 g/mol. The topological polar surface area (TPSA) is 53.2 Å². The summed E-state index contributed by atoms with van der Waals surface area (Å²) in [6.07, 6.45) is 0. The van der Waals surface area contributed by atoms with E-state index in [1.54, 1.807) is 17.0 Å². The number of aromatic nitrogens is 1. The molecule has 0 spiro atoms. The molecule has 4 nitrogen and oxygen atoms in total. The van der Waals surface area contributed by atoms with Crippen molar-refractivity contribution in [2.75, 3.05) is 0 Å². The second-order valence-electron chi connectivity index (χ2n) is 7.18. The van der Waals surface area contributed by atoms with Crippen LogP contribution in [-0.4, -0.2) is 15.8 Å². The lowest BCUT2D eigenvalue weighted by Gasteiger charge is -2.23. The van der Waals surface area contributed by atoms with E-state index in [1.165, 1.54) is 0 Å². The molecule has 0 radical (unpaired) electrons. The van der Waals surface area contributed by atoms with Crippen LogP contribution in [0.4, 0.5) is 0 Å². The fourth-order valence-electron chi connectivity index (χ4n) is 3.52. The van der Waals surface area contributed by atoms with Gasteiger partial charge in [0.1, 0.15) is 0 Å². The zero-order valence-electron chi connectivity index (χ0n) is 16.3. The molecule has 3 aromatic carbocycles. The first-order chi connectivity index (χ1) is 14.1. The molecule has 0 bridgehead atoms. The molecule has 4 heteroatoms. The predicted octanol–water partition coefficient (Wildman–Crippen LogP) is 4.68. The Morgan fingerprint density at radius 2 is 1.55 bits per heavy atom. The smallest absolute Gasteiger partial charge is 0.254 e. The number of H-pyrrole nitrogens is 1. The summed E-state index contributed by atoms with van der Waals surface area (Å²) < 4.78 is 0. The van der Waals surface area contributed by atoms with Crippen LogP contribution in [0, 0.1) is 6.92 Å². The first-order valence-corrected chi connectivity index (χ1v) is 9.61. The van der Waals surface area contributed by atoms with Gasteiger partial charge in [0.25, 0.3) is 11.5 Å². The van der Waals surface area contributed by atoms with Gasteiger partial charge in [0.15, 0.2) is 0 Å². The molecule has 0 saturated carbocycles. The van der Waals surface area contributed by atoms with Gasteiger partial charge in [0.2, 0.25) is 0 Å². The Kier molecular flexibility index (Phi) is 5.25. The molecule has 0 atom stereocenters. The molecule has 1 heterocycles. The Labute approximate surface area is 169 Å². The van der Waals surface area contributed by atoms with Crippen LogP contribution in [0.2, 0.25) is 0 Å². The van der Waals surface area contributed by atoms with Crippen LogP contribution < -0.4 is 5.56 Å². The molecule has 0 saturated heterocycles. The van der Waals surface area contributed by atoms with Crippen LogP contribution in [-0.2, 0) is 13.1 Å². The van der Waals surface area contributed by atoms with Crippen LogP contribution in [0.3, 0.4) is 0 Å². The fraction of sp³-hybridized carbons (Fsp3) is 0.120. The van der Waals surface area contributed by atoms with E-state index >= 15 is 0 Å². The zero-order valence-corrected chi connectivity index (χ0v) is 16.3. The van der Waals surface area contributed by atoms with Crippen molar-refractivity contribution in [1.82, 2.24) is 9.88 Å². The van der Waals surface area contributed by atoms with E-state index in [0.29, 0.717) is 17.7 Å². The van der Waals surface area contributed by atoms with Gasteiger partial charge in [-0.25, -0.2) is 0 Å². The number of para-hydroxylation sites is 1. The normalized spacial score (nSPS) is 10.8. The monoisotopic (exact) mass is 382 g/mol. The highest BCUT2D eigenvalue weighted by Gasteiger charge is 2.18. The van der Waals surface area contributed by atoms with Crippen LogP contribution in [0.5, 0.6) is 0 Å². The number of pyridine rings is 1. The van der Waals surface area contributed by atoms with Crippen molar-refractivity contribution < 1.29 is 4.79 Å². The number of aryl methyl sites for hydroxylation is 1. The minimum Gasteiger partial charge on any atom is -0.330 e. The summed E-state index contributed by atoms with van der Waals surface area (Å²) in [5, 5.41) is 0.964. The van der Waals surface area contributed by atoms with Crippen LogP contribution in [0.15, 0.2) is 89.7 Å². The van der Waals surface area contributed by atoms with Gasteiger partial charge in [-0.2, -0.15) is 0 Å². The molecule has 29 heavy (non-hydrogen) atoms. The van der Waals surface area contributed by atoms with E-state index in [9.17, 15) is 9.59 Å². The lowest BCUT2D eigenvalue weighted by atomic mass is 10.1. The molecular formula is C25H22N2O2. The van der Waals surface area contributed by atoms with Gasteiger partial charge in [-0.15, -0.1) is 0 Å². The van der Waals surface area contributed by atoms with Gasteiger partial charge in [0.05, 0.1) is 12.1 Å². The van der Waals surface area contributed by atoms with E-state index in [-0.39, 0.29) is 18.0 Å². The van der Waals surface area contributed by atoms with Crippen molar-refractivity contribution in [1.29, 1.82) is 0 Å². The van der Waals surface area contributed by atoms with Gasteiger partial charge >= 0.3 is 0 Å². The highest BCUT2D eigenvalue weighted by Crippen LogP contribution is 2.18. The van der Waals surface area contributed by atoms with Gasteiger partial charge < -0.3 is 9.88 Å². The van der Waals surface area contributed by atoms with E-state index in [4.69, 9.17) is 0 Å². The summed E-state index contributed by atoms with van der Waals surface area (Å²) in [5.74, 6) is -0.0989. The average molecular weight is 382 g/mol. The Morgan fingerprint density at radius 1 is 0.862 bits per heavy atom. The number of amides is 1. The third-order valence-corrected chi connectivity index (χ3v) is 5.05. The maximum absolute atomic E-state index is 13.2. The SMILES string of the molecule is Cc1cccc2cc(CN(Cc3ccccc3)C(=O)c3ccccc3)c(=O)[nH]c12. The summed E-state index contributed by atoms with van der Waals surface area (Å²) in [5.41, 5.74) is 3.90. The number of hydrogen-bond acceptors (Lipinski definition) is 2. The van der Waals surface area contributed by atoms with Crippen molar-refractivity contribution in [3.05, 3.63) is 118 Å². The number of aromatic amines is 1. The molecule has 0 unspecified atom stereocenters. The molecule has 1 amide bonds. The lowest BCUT2D eigenvalue weighted by molar-refractivity contribution is 0.0729. The van der Waals surface area contributed by atoms with Crippen molar-refractivity contribution in [3.8, 4) is 0 Å². The van der Waals surface area contributed by atoms with Gasteiger partial charge in [-0.05, 0) is 41.6 Å². The maximum Gasteiger partial charge on any atom is 0.254 e. The third kappa shape index (κ3) is 4.11. The molecule has 0 aliphatic rings. The standard InChI is InChI=1S/C25H22N2O2/c1-18-9-8-14-21-15-22(24(28)26-23(18)21)17-27(16-19-10-4-2-5-11-19)25(29)20-12-6-3-7-13-20/h2-15H,16-17H2,1H3,(H,26,28). The number of hydrogen-bond donors (Lipinski definition) is 1.